The maximum Gasteiger partial charge on any atom is 0.306 e. The third-order valence-electron chi connectivity index (χ3n) is 3.72. The minimum atomic E-state index is -0.161. The third-order valence-corrected chi connectivity index (χ3v) is 3.72. The summed E-state index contributed by atoms with van der Waals surface area (Å²) in [6.45, 7) is 0. The summed E-state index contributed by atoms with van der Waals surface area (Å²) in [6, 6.07) is 0. The largest absolute Gasteiger partial charge is 0.462 e. The predicted octanol–water partition coefficient (Wildman–Crippen LogP) is 0.319. The van der Waals surface area contributed by atoms with Crippen molar-refractivity contribution in [1.82, 2.24) is 0 Å². The molecule has 3 rings (SSSR count). The molecule has 0 aromatic heterocycles. The SMILES string of the molecule is O=C1CC2C3CC(CC3O)C2O1. The molecular weight excluding hydrogens is 156 g/mol. The number of carbonyl (C=O) groups excluding carboxylic acids is 1. The molecule has 3 aliphatic rings. The van der Waals surface area contributed by atoms with Gasteiger partial charge in [-0.05, 0) is 24.7 Å². The Labute approximate surface area is 70.7 Å². The molecule has 0 spiro atoms. The van der Waals surface area contributed by atoms with Crippen LogP contribution in [0, 0.1) is 17.8 Å². The molecule has 1 heterocycles. The molecule has 3 nitrogen and oxygen atoms in total. The lowest BCUT2D eigenvalue weighted by Crippen LogP contribution is -2.31. The van der Waals surface area contributed by atoms with Crippen molar-refractivity contribution in [1.29, 1.82) is 0 Å². The van der Waals surface area contributed by atoms with E-state index in [1.54, 1.807) is 0 Å². The average Bonchev–Trinajstić information content (AvgIpc) is 2.57. The number of fused-ring (bicyclic) bond motifs is 5. The van der Waals surface area contributed by atoms with Crippen LogP contribution in [-0.4, -0.2) is 23.3 Å². The molecule has 2 saturated carbocycles. The topological polar surface area (TPSA) is 46.5 Å². The number of carbonyl (C=O) groups is 1. The Morgan fingerprint density at radius 1 is 1.33 bits per heavy atom. The highest BCUT2D eigenvalue weighted by atomic mass is 16.6. The Bertz CT molecular complexity index is 238. The van der Waals surface area contributed by atoms with E-state index in [4.69, 9.17) is 4.74 Å². The lowest BCUT2D eigenvalue weighted by Gasteiger charge is -2.25. The first-order chi connectivity index (χ1) is 5.75. The second kappa shape index (κ2) is 2.02. The minimum absolute atomic E-state index is 0.0613. The van der Waals surface area contributed by atoms with Crippen LogP contribution in [0.1, 0.15) is 19.3 Å². The van der Waals surface area contributed by atoms with Crippen molar-refractivity contribution in [2.75, 3.05) is 0 Å². The first kappa shape index (κ1) is 6.89. The predicted molar refractivity (Wildman–Crippen MR) is 40.2 cm³/mol. The van der Waals surface area contributed by atoms with Gasteiger partial charge in [-0.2, -0.15) is 0 Å². The number of aliphatic hydroxyl groups is 1. The van der Waals surface area contributed by atoms with Crippen LogP contribution in [-0.2, 0) is 9.53 Å². The van der Waals surface area contributed by atoms with Crippen LogP contribution in [0.15, 0.2) is 0 Å². The minimum Gasteiger partial charge on any atom is -0.462 e. The molecule has 1 N–H and O–H groups in total. The smallest absolute Gasteiger partial charge is 0.306 e. The fourth-order valence-corrected chi connectivity index (χ4v) is 3.25. The molecule has 2 aliphatic carbocycles. The summed E-state index contributed by atoms with van der Waals surface area (Å²) in [6.07, 6.45) is 2.46. The van der Waals surface area contributed by atoms with Gasteiger partial charge in [-0.1, -0.05) is 0 Å². The molecule has 0 radical (unpaired) electrons. The molecule has 5 unspecified atom stereocenters. The standard InChI is InChI=1S/C9H12O3/c10-7-2-4-1-5(7)6-3-8(11)12-9(4)6/h4-7,9-10H,1-3H2. The van der Waals surface area contributed by atoms with Gasteiger partial charge in [0.2, 0.25) is 0 Å². The molecule has 1 saturated heterocycles. The highest BCUT2D eigenvalue weighted by Crippen LogP contribution is 2.53. The van der Waals surface area contributed by atoms with Crippen molar-refractivity contribution < 1.29 is 14.6 Å². The molecular formula is C9H12O3. The van der Waals surface area contributed by atoms with E-state index in [0.717, 1.165) is 12.8 Å². The number of ether oxygens (including phenoxy) is 1. The monoisotopic (exact) mass is 168 g/mol. The first-order valence-corrected chi connectivity index (χ1v) is 4.63. The van der Waals surface area contributed by atoms with Crippen LogP contribution in [0.25, 0.3) is 0 Å². The zero-order chi connectivity index (χ0) is 8.29. The molecule has 12 heavy (non-hydrogen) atoms. The molecule has 0 aromatic rings. The molecule has 0 amide bonds. The summed E-state index contributed by atoms with van der Waals surface area (Å²) >= 11 is 0. The van der Waals surface area contributed by atoms with Crippen LogP contribution < -0.4 is 0 Å². The fraction of sp³-hybridized carbons (Fsp3) is 0.889. The van der Waals surface area contributed by atoms with Crippen LogP contribution in [0.2, 0.25) is 0 Å². The van der Waals surface area contributed by atoms with Gasteiger partial charge in [-0.3, -0.25) is 4.79 Å². The van der Waals surface area contributed by atoms with Gasteiger partial charge in [-0.25, -0.2) is 0 Å². The third kappa shape index (κ3) is 0.678. The van der Waals surface area contributed by atoms with Gasteiger partial charge in [0.15, 0.2) is 0 Å². The summed E-state index contributed by atoms with van der Waals surface area (Å²) in [7, 11) is 0. The normalized spacial score (nSPS) is 55.8. The van der Waals surface area contributed by atoms with Gasteiger partial charge >= 0.3 is 5.97 Å². The van der Waals surface area contributed by atoms with Crippen molar-refractivity contribution in [3.8, 4) is 0 Å². The van der Waals surface area contributed by atoms with Crippen molar-refractivity contribution in [2.45, 2.75) is 31.5 Å². The summed E-state index contributed by atoms with van der Waals surface area (Å²) < 4.78 is 5.22. The Morgan fingerprint density at radius 3 is 3.00 bits per heavy atom. The molecule has 2 bridgehead atoms. The van der Waals surface area contributed by atoms with Gasteiger partial charge < -0.3 is 9.84 Å². The van der Waals surface area contributed by atoms with Gasteiger partial charge in [0.1, 0.15) is 6.10 Å². The summed E-state index contributed by atoms with van der Waals surface area (Å²) in [5, 5.41) is 9.59. The second-order valence-electron chi connectivity index (χ2n) is 4.29. The lowest BCUT2D eigenvalue weighted by atomic mass is 9.84. The Morgan fingerprint density at radius 2 is 2.17 bits per heavy atom. The fourth-order valence-electron chi connectivity index (χ4n) is 3.25. The average molecular weight is 168 g/mol. The Balaban J connectivity index is 1.90. The Hall–Kier alpha value is -0.570. The second-order valence-corrected chi connectivity index (χ2v) is 4.29. The van der Waals surface area contributed by atoms with E-state index < -0.39 is 0 Å². The van der Waals surface area contributed by atoms with Gasteiger partial charge in [0, 0.05) is 5.92 Å². The molecule has 66 valence electrons. The molecule has 5 atom stereocenters. The number of aliphatic hydroxyl groups excluding tert-OH is 1. The van der Waals surface area contributed by atoms with Gasteiger partial charge in [0.25, 0.3) is 0 Å². The van der Waals surface area contributed by atoms with E-state index in [1.165, 1.54) is 0 Å². The van der Waals surface area contributed by atoms with Gasteiger partial charge in [0.05, 0.1) is 12.5 Å². The van der Waals surface area contributed by atoms with E-state index in [0.29, 0.717) is 24.2 Å². The van der Waals surface area contributed by atoms with E-state index in [-0.39, 0.29) is 18.2 Å². The number of hydrogen-bond donors (Lipinski definition) is 1. The number of rotatable bonds is 0. The zero-order valence-electron chi connectivity index (χ0n) is 6.77. The number of esters is 1. The summed E-state index contributed by atoms with van der Waals surface area (Å²) in [4.78, 5) is 11.0. The van der Waals surface area contributed by atoms with Crippen molar-refractivity contribution in [3.63, 3.8) is 0 Å². The first-order valence-electron chi connectivity index (χ1n) is 4.63. The van der Waals surface area contributed by atoms with Crippen molar-refractivity contribution in [3.05, 3.63) is 0 Å². The molecule has 1 aliphatic heterocycles. The highest BCUT2D eigenvalue weighted by Gasteiger charge is 2.57. The maximum atomic E-state index is 11.0. The summed E-state index contributed by atoms with van der Waals surface area (Å²) in [5.41, 5.74) is 0. The van der Waals surface area contributed by atoms with E-state index in [9.17, 15) is 9.90 Å². The van der Waals surface area contributed by atoms with Gasteiger partial charge in [-0.15, -0.1) is 0 Å². The van der Waals surface area contributed by atoms with E-state index in [2.05, 4.69) is 0 Å². The molecule has 0 aromatic carbocycles. The quantitative estimate of drug-likeness (QED) is 0.530. The lowest BCUT2D eigenvalue weighted by molar-refractivity contribution is -0.143. The maximum absolute atomic E-state index is 11.0. The van der Waals surface area contributed by atoms with E-state index >= 15 is 0 Å². The highest BCUT2D eigenvalue weighted by molar-refractivity contribution is 5.72. The van der Waals surface area contributed by atoms with E-state index in [1.807, 2.05) is 0 Å². The van der Waals surface area contributed by atoms with Crippen molar-refractivity contribution in [2.24, 2.45) is 17.8 Å². The summed E-state index contributed by atoms with van der Waals surface area (Å²) in [5.74, 6) is 1.09. The number of hydrogen-bond acceptors (Lipinski definition) is 3. The van der Waals surface area contributed by atoms with Crippen LogP contribution in [0.3, 0.4) is 0 Å². The van der Waals surface area contributed by atoms with Crippen LogP contribution >= 0.6 is 0 Å². The zero-order valence-corrected chi connectivity index (χ0v) is 6.77. The Kier molecular flexibility index (Phi) is 1.16. The van der Waals surface area contributed by atoms with Crippen LogP contribution in [0.5, 0.6) is 0 Å². The molecule has 3 heteroatoms. The van der Waals surface area contributed by atoms with Crippen LogP contribution in [0.4, 0.5) is 0 Å². The molecule has 3 fully saturated rings. The van der Waals surface area contributed by atoms with Crippen molar-refractivity contribution >= 4 is 5.97 Å².